The molecular formula is C12H17N3OS. The highest BCUT2D eigenvalue weighted by molar-refractivity contribution is 8.03. The van der Waals surface area contributed by atoms with Crippen LogP contribution in [0.2, 0.25) is 0 Å². The molecule has 17 heavy (non-hydrogen) atoms. The third-order valence-electron chi connectivity index (χ3n) is 2.63. The van der Waals surface area contributed by atoms with Gasteiger partial charge in [-0.25, -0.2) is 4.98 Å². The van der Waals surface area contributed by atoms with Gasteiger partial charge in [-0.3, -0.25) is 0 Å². The van der Waals surface area contributed by atoms with Gasteiger partial charge in [-0.2, -0.15) is 0 Å². The number of thioether (sulfide) groups is 1. The predicted octanol–water partition coefficient (Wildman–Crippen LogP) is 1.70. The van der Waals surface area contributed by atoms with Crippen molar-refractivity contribution in [3.63, 3.8) is 0 Å². The van der Waals surface area contributed by atoms with Gasteiger partial charge in [-0.1, -0.05) is 6.07 Å². The summed E-state index contributed by atoms with van der Waals surface area (Å²) in [5.74, 6) is 1.53. The van der Waals surface area contributed by atoms with Crippen molar-refractivity contribution in [2.75, 3.05) is 18.2 Å². The fourth-order valence-corrected chi connectivity index (χ4v) is 2.70. The molecule has 3 N–H and O–H groups in total. The van der Waals surface area contributed by atoms with E-state index in [9.17, 15) is 0 Å². The molecule has 2 heterocycles. The second-order valence-electron chi connectivity index (χ2n) is 4.09. The van der Waals surface area contributed by atoms with E-state index in [-0.39, 0.29) is 6.61 Å². The average molecular weight is 251 g/mol. The van der Waals surface area contributed by atoms with Crippen LogP contribution in [-0.2, 0) is 6.54 Å². The first-order valence-corrected chi connectivity index (χ1v) is 6.58. The minimum Gasteiger partial charge on any atom is -0.396 e. The molecule has 1 aromatic heterocycles. The van der Waals surface area contributed by atoms with Crippen LogP contribution in [0.25, 0.3) is 0 Å². The number of nitrogens with zero attached hydrogens (tertiary/aromatic N) is 2. The molecule has 0 unspecified atom stereocenters. The van der Waals surface area contributed by atoms with E-state index in [2.05, 4.69) is 16.1 Å². The Bertz CT molecular complexity index is 434. The van der Waals surface area contributed by atoms with Gasteiger partial charge in [0.15, 0.2) is 0 Å². The Balaban J connectivity index is 2.02. The number of rotatable bonds is 4. The molecule has 1 aromatic rings. The topological polar surface area (TPSA) is 62.4 Å². The van der Waals surface area contributed by atoms with Crippen LogP contribution >= 0.6 is 11.8 Å². The summed E-state index contributed by atoms with van der Waals surface area (Å²) in [5, 5.41) is 8.87. The highest BCUT2D eigenvalue weighted by atomic mass is 32.2. The summed E-state index contributed by atoms with van der Waals surface area (Å²) in [6, 6.07) is 4.01. The molecule has 0 radical (unpaired) electrons. The fourth-order valence-electron chi connectivity index (χ4n) is 1.74. The number of hydrogen-bond donors (Lipinski definition) is 2. The monoisotopic (exact) mass is 251 g/mol. The molecule has 1 aliphatic rings. The second kappa shape index (κ2) is 5.42. The van der Waals surface area contributed by atoms with Crippen LogP contribution in [0, 0.1) is 6.92 Å². The number of aryl methyl sites for hydroxylation is 1. The van der Waals surface area contributed by atoms with Gasteiger partial charge in [0.25, 0.3) is 0 Å². The number of pyridine rings is 1. The second-order valence-corrected chi connectivity index (χ2v) is 5.16. The molecule has 4 nitrogen and oxygen atoms in total. The van der Waals surface area contributed by atoms with Crippen molar-refractivity contribution in [1.82, 2.24) is 9.88 Å². The Morgan fingerprint density at radius 3 is 3.06 bits per heavy atom. The Morgan fingerprint density at radius 1 is 1.53 bits per heavy atom. The SMILES string of the molecule is Cc1ccc(CN2C=C(CCO)SC2)c(N)n1. The Kier molecular flexibility index (Phi) is 3.91. The quantitative estimate of drug-likeness (QED) is 0.853. The van der Waals surface area contributed by atoms with E-state index in [1.54, 1.807) is 11.8 Å². The Morgan fingerprint density at radius 2 is 2.35 bits per heavy atom. The molecule has 0 bridgehead atoms. The first kappa shape index (κ1) is 12.3. The van der Waals surface area contributed by atoms with Crippen molar-refractivity contribution in [2.45, 2.75) is 19.9 Å². The Labute approximate surface area is 106 Å². The Hall–Kier alpha value is -1.20. The maximum Gasteiger partial charge on any atom is 0.128 e. The van der Waals surface area contributed by atoms with Crippen LogP contribution in [0.15, 0.2) is 23.2 Å². The summed E-state index contributed by atoms with van der Waals surface area (Å²) in [4.78, 5) is 7.68. The molecule has 0 aromatic carbocycles. The minimum atomic E-state index is 0.209. The summed E-state index contributed by atoms with van der Waals surface area (Å²) in [5.41, 5.74) is 7.88. The van der Waals surface area contributed by atoms with E-state index >= 15 is 0 Å². The van der Waals surface area contributed by atoms with Gasteiger partial charge in [0, 0.05) is 41.9 Å². The molecule has 2 rings (SSSR count). The van der Waals surface area contributed by atoms with E-state index in [4.69, 9.17) is 10.8 Å². The van der Waals surface area contributed by atoms with Crippen LogP contribution in [0.1, 0.15) is 17.7 Å². The summed E-state index contributed by atoms with van der Waals surface area (Å²) >= 11 is 1.77. The zero-order valence-corrected chi connectivity index (χ0v) is 10.7. The number of anilines is 1. The normalized spacial score (nSPS) is 15.2. The first-order valence-electron chi connectivity index (χ1n) is 5.59. The van der Waals surface area contributed by atoms with Crippen molar-refractivity contribution in [3.8, 4) is 0 Å². The summed E-state index contributed by atoms with van der Waals surface area (Å²) in [7, 11) is 0. The van der Waals surface area contributed by atoms with Crippen LogP contribution < -0.4 is 5.73 Å². The molecule has 0 atom stereocenters. The lowest BCUT2D eigenvalue weighted by molar-refractivity contribution is 0.301. The number of aliphatic hydroxyl groups excluding tert-OH is 1. The molecule has 0 saturated heterocycles. The smallest absolute Gasteiger partial charge is 0.128 e. The molecule has 5 heteroatoms. The maximum absolute atomic E-state index is 8.87. The van der Waals surface area contributed by atoms with Gasteiger partial charge >= 0.3 is 0 Å². The van der Waals surface area contributed by atoms with E-state index in [1.807, 2.05) is 19.1 Å². The number of hydrogen-bond acceptors (Lipinski definition) is 5. The predicted molar refractivity (Wildman–Crippen MR) is 71.2 cm³/mol. The van der Waals surface area contributed by atoms with Crippen molar-refractivity contribution >= 4 is 17.6 Å². The largest absolute Gasteiger partial charge is 0.396 e. The van der Waals surface area contributed by atoms with Crippen LogP contribution in [0.4, 0.5) is 5.82 Å². The molecule has 0 fully saturated rings. The highest BCUT2D eigenvalue weighted by Gasteiger charge is 2.14. The first-order chi connectivity index (χ1) is 8.19. The number of nitrogens with two attached hydrogens (primary N) is 1. The number of nitrogen functional groups attached to an aromatic ring is 1. The zero-order chi connectivity index (χ0) is 12.3. The van der Waals surface area contributed by atoms with Gasteiger partial charge in [0.2, 0.25) is 0 Å². The molecular weight excluding hydrogens is 234 g/mol. The third-order valence-corrected chi connectivity index (χ3v) is 3.77. The van der Waals surface area contributed by atoms with Gasteiger partial charge in [0.05, 0.1) is 5.88 Å². The van der Waals surface area contributed by atoms with E-state index in [0.29, 0.717) is 5.82 Å². The van der Waals surface area contributed by atoms with Crippen molar-refractivity contribution < 1.29 is 5.11 Å². The van der Waals surface area contributed by atoms with Crippen molar-refractivity contribution in [3.05, 3.63) is 34.5 Å². The summed E-state index contributed by atoms with van der Waals surface area (Å²) in [6.45, 7) is 2.92. The van der Waals surface area contributed by atoms with E-state index in [1.165, 1.54) is 4.91 Å². The van der Waals surface area contributed by atoms with Gasteiger partial charge < -0.3 is 15.7 Å². The standard InChI is InChI=1S/C12H17N3OS/c1-9-2-3-10(12(13)14-9)6-15-7-11(4-5-16)17-8-15/h2-3,7,16H,4-6,8H2,1H3,(H2,13,14). The molecule has 0 spiro atoms. The molecule has 1 aliphatic heterocycles. The lowest BCUT2D eigenvalue weighted by Crippen LogP contribution is -2.14. The fraction of sp³-hybridized carbons (Fsp3) is 0.417. The van der Waals surface area contributed by atoms with Gasteiger partial charge in [0.1, 0.15) is 5.82 Å². The minimum absolute atomic E-state index is 0.209. The molecule has 92 valence electrons. The van der Waals surface area contributed by atoms with Crippen molar-refractivity contribution in [1.29, 1.82) is 0 Å². The average Bonchev–Trinajstić information content (AvgIpc) is 2.71. The number of aromatic nitrogens is 1. The molecule has 0 aliphatic carbocycles. The van der Waals surface area contributed by atoms with Crippen LogP contribution in [0.5, 0.6) is 0 Å². The molecule has 0 amide bonds. The lowest BCUT2D eigenvalue weighted by Gasteiger charge is -2.15. The molecule has 0 saturated carbocycles. The van der Waals surface area contributed by atoms with Gasteiger partial charge in [-0.15, -0.1) is 11.8 Å². The summed E-state index contributed by atoms with van der Waals surface area (Å²) in [6.07, 6.45) is 2.84. The van der Waals surface area contributed by atoms with Crippen LogP contribution in [-0.4, -0.2) is 27.5 Å². The maximum atomic E-state index is 8.87. The lowest BCUT2D eigenvalue weighted by atomic mass is 10.2. The zero-order valence-electron chi connectivity index (χ0n) is 9.89. The van der Waals surface area contributed by atoms with Crippen LogP contribution in [0.3, 0.4) is 0 Å². The summed E-state index contributed by atoms with van der Waals surface area (Å²) < 4.78 is 0. The van der Waals surface area contributed by atoms with E-state index < -0.39 is 0 Å². The van der Waals surface area contributed by atoms with E-state index in [0.717, 1.165) is 30.1 Å². The van der Waals surface area contributed by atoms with Crippen molar-refractivity contribution in [2.24, 2.45) is 0 Å². The van der Waals surface area contributed by atoms with Gasteiger partial charge in [-0.05, 0) is 13.0 Å². The highest BCUT2D eigenvalue weighted by Crippen LogP contribution is 2.29. The third kappa shape index (κ3) is 3.14. The number of aliphatic hydroxyl groups is 1.